The van der Waals surface area contributed by atoms with E-state index in [0.717, 1.165) is 13.0 Å². The smallest absolute Gasteiger partial charge is 0.257 e. The van der Waals surface area contributed by atoms with Gasteiger partial charge < -0.3 is 15.4 Å². The van der Waals surface area contributed by atoms with Crippen LogP contribution < -0.4 is 10.5 Å². The van der Waals surface area contributed by atoms with E-state index in [-0.39, 0.29) is 5.91 Å². The van der Waals surface area contributed by atoms with E-state index in [1.807, 2.05) is 4.90 Å². The number of carbonyl (C=O) groups excluding carboxylic acids is 1. The third kappa shape index (κ3) is 2.47. The van der Waals surface area contributed by atoms with Crippen LogP contribution in [0.1, 0.15) is 23.7 Å². The predicted octanol–water partition coefficient (Wildman–Crippen LogP) is 2.07. The van der Waals surface area contributed by atoms with Crippen molar-refractivity contribution >= 4 is 11.6 Å². The number of methoxy groups -OCH3 is 1. The van der Waals surface area contributed by atoms with Crippen LogP contribution in [0.4, 0.5) is 5.69 Å². The van der Waals surface area contributed by atoms with Gasteiger partial charge in [-0.3, -0.25) is 4.79 Å². The van der Waals surface area contributed by atoms with Crippen LogP contribution in [-0.4, -0.2) is 31.0 Å². The standard InChI is InChI=1S/C14H18N2O2/c1-10-5-7-16(8-6-10)14(17)12-4-3-11(15)9-13(12)18-2/h3-5,9H,6-8,15H2,1-2H3. The molecule has 0 bridgehead atoms. The van der Waals surface area contributed by atoms with E-state index < -0.39 is 0 Å². The van der Waals surface area contributed by atoms with Gasteiger partial charge in [0.05, 0.1) is 12.7 Å². The molecule has 0 atom stereocenters. The Hall–Kier alpha value is -1.97. The van der Waals surface area contributed by atoms with E-state index in [9.17, 15) is 4.79 Å². The molecule has 1 heterocycles. The molecule has 0 saturated heterocycles. The van der Waals surface area contributed by atoms with Gasteiger partial charge in [-0.25, -0.2) is 0 Å². The minimum Gasteiger partial charge on any atom is -0.496 e. The second kappa shape index (κ2) is 5.12. The molecular formula is C14H18N2O2. The third-order valence-corrected chi connectivity index (χ3v) is 3.18. The quantitative estimate of drug-likeness (QED) is 0.642. The highest BCUT2D eigenvalue weighted by molar-refractivity contribution is 5.97. The summed E-state index contributed by atoms with van der Waals surface area (Å²) in [6.07, 6.45) is 3.02. The number of amides is 1. The lowest BCUT2D eigenvalue weighted by atomic mass is 10.1. The molecule has 4 nitrogen and oxygen atoms in total. The molecule has 18 heavy (non-hydrogen) atoms. The molecule has 1 aliphatic rings. The summed E-state index contributed by atoms with van der Waals surface area (Å²) < 4.78 is 5.22. The number of hydrogen-bond donors (Lipinski definition) is 1. The first-order valence-electron chi connectivity index (χ1n) is 6.00. The molecule has 0 radical (unpaired) electrons. The van der Waals surface area contributed by atoms with E-state index in [0.29, 0.717) is 23.5 Å². The molecule has 1 aromatic rings. The van der Waals surface area contributed by atoms with Crippen molar-refractivity contribution in [1.29, 1.82) is 0 Å². The molecular weight excluding hydrogens is 228 g/mol. The van der Waals surface area contributed by atoms with Crippen LogP contribution >= 0.6 is 0 Å². The first-order chi connectivity index (χ1) is 8.61. The van der Waals surface area contributed by atoms with Gasteiger partial charge in [0.2, 0.25) is 0 Å². The molecule has 1 aliphatic heterocycles. The predicted molar refractivity (Wildman–Crippen MR) is 71.7 cm³/mol. The van der Waals surface area contributed by atoms with E-state index in [4.69, 9.17) is 10.5 Å². The normalized spacial score (nSPS) is 15.2. The summed E-state index contributed by atoms with van der Waals surface area (Å²) in [5, 5.41) is 0. The Morgan fingerprint density at radius 3 is 2.83 bits per heavy atom. The van der Waals surface area contributed by atoms with Gasteiger partial charge in [-0.2, -0.15) is 0 Å². The fraction of sp³-hybridized carbons (Fsp3) is 0.357. The molecule has 0 aromatic heterocycles. The van der Waals surface area contributed by atoms with Crippen LogP contribution in [-0.2, 0) is 0 Å². The average Bonchev–Trinajstić information content (AvgIpc) is 2.38. The summed E-state index contributed by atoms with van der Waals surface area (Å²) in [5.41, 5.74) is 8.19. The number of nitrogens with zero attached hydrogens (tertiary/aromatic N) is 1. The zero-order valence-corrected chi connectivity index (χ0v) is 10.8. The van der Waals surface area contributed by atoms with Crippen LogP contribution in [0.5, 0.6) is 5.75 Å². The molecule has 0 fully saturated rings. The van der Waals surface area contributed by atoms with E-state index in [1.165, 1.54) is 5.57 Å². The number of carbonyl (C=O) groups is 1. The Balaban J connectivity index is 2.24. The summed E-state index contributed by atoms with van der Waals surface area (Å²) in [4.78, 5) is 14.2. The van der Waals surface area contributed by atoms with Crippen LogP contribution in [0.15, 0.2) is 29.8 Å². The van der Waals surface area contributed by atoms with Crippen molar-refractivity contribution in [3.05, 3.63) is 35.4 Å². The van der Waals surface area contributed by atoms with Crippen LogP contribution in [0.25, 0.3) is 0 Å². The summed E-state index contributed by atoms with van der Waals surface area (Å²) >= 11 is 0. The van der Waals surface area contributed by atoms with E-state index >= 15 is 0 Å². The first-order valence-corrected chi connectivity index (χ1v) is 6.00. The second-order valence-corrected chi connectivity index (χ2v) is 4.51. The van der Waals surface area contributed by atoms with E-state index in [2.05, 4.69) is 13.0 Å². The summed E-state index contributed by atoms with van der Waals surface area (Å²) in [7, 11) is 1.55. The lowest BCUT2D eigenvalue weighted by molar-refractivity contribution is 0.0765. The molecule has 2 rings (SSSR count). The monoisotopic (exact) mass is 246 g/mol. The van der Waals surface area contributed by atoms with Crippen molar-refractivity contribution in [2.24, 2.45) is 0 Å². The number of anilines is 1. The summed E-state index contributed by atoms with van der Waals surface area (Å²) in [6, 6.07) is 5.13. The number of hydrogen-bond acceptors (Lipinski definition) is 3. The zero-order valence-electron chi connectivity index (χ0n) is 10.8. The number of benzene rings is 1. The molecule has 0 aliphatic carbocycles. The molecule has 0 spiro atoms. The minimum absolute atomic E-state index is 0.00407. The first kappa shape index (κ1) is 12.5. The second-order valence-electron chi connectivity index (χ2n) is 4.51. The molecule has 0 unspecified atom stereocenters. The highest BCUT2D eigenvalue weighted by atomic mass is 16.5. The van der Waals surface area contributed by atoms with Crippen molar-refractivity contribution in [2.75, 3.05) is 25.9 Å². The van der Waals surface area contributed by atoms with Crippen molar-refractivity contribution in [2.45, 2.75) is 13.3 Å². The molecule has 1 amide bonds. The van der Waals surface area contributed by atoms with Gasteiger partial charge in [0.15, 0.2) is 0 Å². The van der Waals surface area contributed by atoms with Gasteiger partial charge in [-0.15, -0.1) is 0 Å². The Morgan fingerprint density at radius 2 is 2.22 bits per heavy atom. The lowest BCUT2D eigenvalue weighted by Gasteiger charge is -2.26. The Bertz CT molecular complexity index is 495. The Morgan fingerprint density at radius 1 is 1.44 bits per heavy atom. The van der Waals surface area contributed by atoms with Crippen molar-refractivity contribution in [3.63, 3.8) is 0 Å². The fourth-order valence-electron chi connectivity index (χ4n) is 2.01. The fourth-order valence-corrected chi connectivity index (χ4v) is 2.01. The highest BCUT2D eigenvalue weighted by Crippen LogP contribution is 2.24. The summed E-state index contributed by atoms with van der Waals surface area (Å²) in [5.74, 6) is 0.530. The number of nitrogens with two attached hydrogens (primary N) is 1. The maximum Gasteiger partial charge on any atom is 0.257 e. The number of rotatable bonds is 2. The van der Waals surface area contributed by atoms with Gasteiger partial charge in [0, 0.05) is 24.8 Å². The zero-order chi connectivity index (χ0) is 13.1. The van der Waals surface area contributed by atoms with Crippen molar-refractivity contribution in [3.8, 4) is 5.75 Å². The Kier molecular flexibility index (Phi) is 3.55. The molecule has 4 heteroatoms. The molecule has 96 valence electrons. The molecule has 0 saturated carbocycles. The van der Waals surface area contributed by atoms with E-state index in [1.54, 1.807) is 25.3 Å². The molecule has 1 aromatic carbocycles. The molecule has 2 N–H and O–H groups in total. The van der Waals surface area contributed by atoms with Gasteiger partial charge in [-0.05, 0) is 25.5 Å². The third-order valence-electron chi connectivity index (χ3n) is 3.18. The topological polar surface area (TPSA) is 55.6 Å². The van der Waals surface area contributed by atoms with Crippen molar-refractivity contribution < 1.29 is 9.53 Å². The van der Waals surface area contributed by atoms with Crippen LogP contribution in [0.2, 0.25) is 0 Å². The van der Waals surface area contributed by atoms with Crippen LogP contribution in [0.3, 0.4) is 0 Å². The van der Waals surface area contributed by atoms with Gasteiger partial charge in [0.25, 0.3) is 5.91 Å². The number of ether oxygens (including phenoxy) is 1. The number of nitrogen functional groups attached to an aromatic ring is 1. The van der Waals surface area contributed by atoms with Gasteiger partial charge in [0.1, 0.15) is 5.75 Å². The SMILES string of the molecule is COc1cc(N)ccc1C(=O)N1CC=C(C)CC1. The van der Waals surface area contributed by atoms with Crippen molar-refractivity contribution in [1.82, 2.24) is 4.90 Å². The lowest BCUT2D eigenvalue weighted by Crippen LogP contribution is -2.34. The minimum atomic E-state index is -0.00407. The Labute approximate surface area is 107 Å². The largest absolute Gasteiger partial charge is 0.496 e. The highest BCUT2D eigenvalue weighted by Gasteiger charge is 2.20. The maximum absolute atomic E-state index is 12.4. The summed E-state index contributed by atoms with van der Waals surface area (Å²) in [6.45, 7) is 3.51. The van der Waals surface area contributed by atoms with Gasteiger partial charge >= 0.3 is 0 Å². The average molecular weight is 246 g/mol. The van der Waals surface area contributed by atoms with Gasteiger partial charge in [-0.1, -0.05) is 11.6 Å². The maximum atomic E-state index is 12.4. The van der Waals surface area contributed by atoms with Crippen LogP contribution in [0, 0.1) is 0 Å².